The van der Waals surface area contributed by atoms with E-state index < -0.39 is 5.60 Å². The lowest BCUT2D eigenvalue weighted by Crippen LogP contribution is -2.54. The summed E-state index contributed by atoms with van der Waals surface area (Å²) in [6.45, 7) is 10.8. The molecule has 116 valence electrons. The van der Waals surface area contributed by atoms with Crippen LogP contribution in [0.4, 0.5) is 4.79 Å². The normalized spacial score (nSPS) is 20.4. The van der Waals surface area contributed by atoms with Crippen LogP contribution >= 0.6 is 0 Å². The van der Waals surface area contributed by atoms with Crippen LogP contribution in [0.5, 0.6) is 0 Å². The van der Waals surface area contributed by atoms with E-state index in [1.165, 1.54) is 0 Å². The van der Waals surface area contributed by atoms with Crippen molar-refractivity contribution in [3.05, 3.63) is 24.3 Å². The van der Waals surface area contributed by atoms with Crippen molar-refractivity contribution in [1.29, 1.82) is 0 Å². The molecule has 1 aromatic rings. The van der Waals surface area contributed by atoms with Crippen LogP contribution in [0.25, 0.3) is 0 Å². The van der Waals surface area contributed by atoms with Crippen LogP contribution in [0.3, 0.4) is 0 Å². The quantitative estimate of drug-likeness (QED) is 0.833. The third kappa shape index (κ3) is 4.67. The van der Waals surface area contributed by atoms with E-state index in [2.05, 4.69) is 14.9 Å². The van der Waals surface area contributed by atoms with E-state index in [1.807, 2.05) is 27.7 Å². The van der Waals surface area contributed by atoms with Crippen LogP contribution in [0.15, 0.2) is 18.6 Å². The Bertz CT molecular complexity index is 472. The molecule has 2 heterocycles. The van der Waals surface area contributed by atoms with Crippen molar-refractivity contribution < 1.29 is 9.53 Å². The Hall–Kier alpha value is -1.69. The molecule has 21 heavy (non-hydrogen) atoms. The van der Waals surface area contributed by atoms with Gasteiger partial charge in [-0.3, -0.25) is 14.9 Å². The van der Waals surface area contributed by atoms with Crippen molar-refractivity contribution in [2.45, 2.75) is 45.9 Å². The average Bonchev–Trinajstić information content (AvgIpc) is 2.37. The van der Waals surface area contributed by atoms with E-state index in [4.69, 9.17) is 4.74 Å². The van der Waals surface area contributed by atoms with Gasteiger partial charge in [-0.25, -0.2) is 4.79 Å². The second kappa shape index (κ2) is 6.39. The highest BCUT2D eigenvalue weighted by atomic mass is 16.6. The number of piperazine rings is 1. The summed E-state index contributed by atoms with van der Waals surface area (Å²) in [6.07, 6.45) is 4.93. The Morgan fingerprint density at radius 1 is 1.38 bits per heavy atom. The van der Waals surface area contributed by atoms with Crippen molar-refractivity contribution in [2.75, 3.05) is 19.6 Å². The minimum absolute atomic E-state index is 0.130. The monoisotopic (exact) mass is 292 g/mol. The van der Waals surface area contributed by atoms with Gasteiger partial charge in [-0.2, -0.15) is 0 Å². The number of hydrogen-bond donors (Lipinski definition) is 0. The number of ether oxygens (including phenoxy) is 1. The van der Waals surface area contributed by atoms with E-state index in [-0.39, 0.29) is 12.1 Å². The summed E-state index contributed by atoms with van der Waals surface area (Å²) in [7, 11) is 0. The van der Waals surface area contributed by atoms with Crippen LogP contribution in [0, 0.1) is 0 Å². The van der Waals surface area contributed by atoms with E-state index in [1.54, 1.807) is 23.5 Å². The molecule has 1 aliphatic heterocycles. The number of carbonyl (C=O) groups excluding carboxylic acids is 1. The topological polar surface area (TPSA) is 58.6 Å². The first kappa shape index (κ1) is 15.7. The molecule has 0 aliphatic carbocycles. The fourth-order valence-corrected chi connectivity index (χ4v) is 2.41. The Labute approximate surface area is 126 Å². The smallest absolute Gasteiger partial charge is 0.410 e. The zero-order chi connectivity index (χ0) is 15.5. The molecule has 0 aromatic carbocycles. The highest BCUT2D eigenvalue weighted by molar-refractivity contribution is 5.68. The van der Waals surface area contributed by atoms with Gasteiger partial charge in [-0.05, 0) is 27.7 Å². The van der Waals surface area contributed by atoms with Crippen LogP contribution < -0.4 is 0 Å². The van der Waals surface area contributed by atoms with E-state index in [0.717, 1.165) is 25.3 Å². The largest absolute Gasteiger partial charge is 0.444 e. The Morgan fingerprint density at radius 2 is 2.14 bits per heavy atom. The third-order valence-corrected chi connectivity index (χ3v) is 3.34. The number of carbonyl (C=O) groups is 1. The number of nitrogens with zero attached hydrogens (tertiary/aromatic N) is 4. The van der Waals surface area contributed by atoms with E-state index in [9.17, 15) is 4.79 Å². The molecule has 6 nitrogen and oxygen atoms in total. The van der Waals surface area contributed by atoms with Gasteiger partial charge in [0.05, 0.1) is 5.69 Å². The maximum absolute atomic E-state index is 12.2. The van der Waals surface area contributed by atoms with Crippen molar-refractivity contribution in [3.63, 3.8) is 0 Å². The summed E-state index contributed by atoms with van der Waals surface area (Å²) in [5, 5.41) is 0. The fourth-order valence-electron chi connectivity index (χ4n) is 2.41. The molecule has 0 saturated carbocycles. The minimum Gasteiger partial charge on any atom is -0.444 e. The maximum atomic E-state index is 12.2. The number of aromatic nitrogens is 2. The van der Waals surface area contributed by atoms with Gasteiger partial charge in [-0.1, -0.05) is 0 Å². The Kier molecular flexibility index (Phi) is 4.77. The van der Waals surface area contributed by atoms with Gasteiger partial charge in [0.1, 0.15) is 5.60 Å². The maximum Gasteiger partial charge on any atom is 0.410 e. The summed E-state index contributed by atoms with van der Waals surface area (Å²) in [6, 6.07) is 0.130. The van der Waals surface area contributed by atoms with Crippen LogP contribution in [0.1, 0.15) is 33.4 Å². The zero-order valence-corrected chi connectivity index (χ0v) is 13.2. The first-order valence-corrected chi connectivity index (χ1v) is 7.32. The first-order valence-electron chi connectivity index (χ1n) is 7.32. The summed E-state index contributed by atoms with van der Waals surface area (Å²) in [5.41, 5.74) is 0.503. The van der Waals surface area contributed by atoms with Gasteiger partial charge in [0.2, 0.25) is 0 Å². The lowest BCUT2D eigenvalue weighted by atomic mass is 10.2. The molecule has 6 heteroatoms. The fraction of sp³-hybridized carbons (Fsp3) is 0.667. The molecular formula is C15H24N4O2. The second-order valence-corrected chi connectivity index (χ2v) is 6.45. The molecule has 1 aliphatic rings. The second-order valence-electron chi connectivity index (χ2n) is 6.45. The summed E-state index contributed by atoms with van der Waals surface area (Å²) in [5.74, 6) is 0. The van der Waals surface area contributed by atoms with E-state index >= 15 is 0 Å². The molecule has 2 rings (SSSR count). The van der Waals surface area contributed by atoms with Crippen molar-refractivity contribution >= 4 is 6.09 Å². The van der Waals surface area contributed by atoms with Crippen LogP contribution in [-0.4, -0.2) is 57.1 Å². The van der Waals surface area contributed by atoms with Crippen molar-refractivity contribution in [3.8, 4) is 0 Å². The van der Waals surface area contributed by atoms with Gasteiger partial charge in [0.25, 0.3) is 0 Å². The van der Waals surface area contributed by atoms with Gasteiger partial charge in [-0.15, -0.1) is 0 Å². The van der Waals surface area contributed by atoms with Gasteiger partial charge < -0.3 is 9.64 Å². The molecular weight excluding hydrogens is 268 g/mol. The summed E-state index contributed by atoms with van der Waals surface area (Å²) >= 11 is 0. The summed E-state index contributed by atoms with van der Waals surface area (Å²) < 4.78 is 5.45. The highest BCUT2D eigenvalue weighted by Crippen LogP contribution is 2.16. The molecule has 0 spiro atoms. The lowest BCUT2D eigenvalue weighted by molar-refractivity contribution is 0.000425. The van der Waals surface area contributed by atoms with Crippen LogP contribution in [-0.2, 0) is 11.3 Å². The SMILES string of the molecule is C[C@H]1CN(Cc2cnccn2)CCN1C(=O)OC(C)(C)C. The molecule has 0 N–H and O–H groups in total. The van der Waals surface area contributed by atoms with Gasteiger partial charge >= 0.3 is 6.09 Å². The molecule has 1 atom stereocenters. The molecule has 1 fully saturated rings. The highest BCUT2D eigenvalue weighted by Gasteiger charge is 2.30. The predicted octanol–water partition coefficient (Wildman–Crippen LogP) is 1.92. The Morgan fingerprint density at radius 3 is 2.71 bits per heavy atom. The number of rotatable bonds is 2. The molecule has 0 unspecified atom stereocenters. The van der Waals surface area contributed by atoms with E-state index in [0.29, 0.717) is 6.54 Å². The zero-order valence-electron chi connectivity index (χ0n) is 13.2. The average molecular weight is 292 g/mol. The van der Waals surface area contributed by atoms with Crippen molar-refractivity contribution in [1.82, 2.24) is 19.8 Å². The van der Waals surface area contributed by atoms with Crippen LogP contribution in [0.2, 0.25) is 0 Å². The molecule has 1 aromatic heterocycles. The number of amides is 1. The molecule has 1 saturated heterocycles. The third-order valence-electron chi connectivity index (χ3n) is 3.34. The first-order chi connectivity index (χ1) is 9.85. The summed E-state index contributed by atoms with van der Waals surface area (Å²) in [4.78, 5) is 24.6. The van der Waals surface area contributed by atoms with Crippen molar-refractivity contribution in [2.24, 2.45) is 0 Å². The number of hydrogen-bond acceptors (Lipinski definition) is 5. The molecule has 1 amide bonds. The molecule has 0 radical (unpaired) electrons. The lowest BCUT2D eigenvalue weighted by Gasteiger charge is -2.40. The Balaban J connectivity index is 1.89. The van der Waals surface area contributed by atoms with Gasteiger partial charge in [0, 0.05) is 50.8 Å². The molecule has 0 bridgehead atoms. The standard InChI is InChI=1S/C15H24N4O2/c1-12-10-18(11-13-9-16-5-6-17-13)7-8-19(12)14(20)21-15(2,3)4/h5-6,9,12H,7-8,10-11H2,1-4H3/t12-/m0/s1. The minimum atomic E-state index is -0.451. The predicted molar refractivity (Wildman–Crippen MR) is 79.7 cm³/mol. The van der Waals surface area contributed by atoms with Gasteiger partial charge in [0.15, 0.2) is 0 Å².